The highest BCUT2D eigenvalue weighted by atomic mass is 35.5. The molecular weight excluding hydrogens is 584 g/mol. The van der Waals surface area contributed by atoms with Gasteiger partial charge < -0.3 is 33.7 Å². The third kappa shape index (κ3) is 7.46. The molecule has 12 heteroatoms. The van der Waals surface area contributed by atoms with E-state index in [2.05, 4.69) is 5.32 Å². The number of rotatable bonds is 12. The normalized spacial score (nSPS) is 16.1. The first-order chi connectivity index (χ1) is 20.3. The van der Waals surface area contributed by atoms with E-state index in [1.165, 1.54) is 14.2 Å². The molecular formula is C30H35ClN2O8S. The summed E-state index contributed by atoms with van der Waals surface area (Å²) in [5, 5.41) is 13.6. The van der Waals surface area contributed by atoms with Crippen LogP contribution in [0.3, 0.4) is 0 Å². The average molecular weight is 619 g/mol. The number of nitrogens with one attached hydrogen (secondary N) is 1. The summed E-state index contributed by atoms with van der Waals surface area (Å²) in [6.07, 6.45) is 0.944. The van der Waals surface area contributed by atoms with Gasteiger partial charge in [-0.2, -0.15) is 0 Å². The van der Waals surface area contributed by atoms with Crippen molar-refractivity contribution in [3.8, 4) is 28.7 Å². The molecule has 0 radical (unpaired) electrons. The zero-order valence-corrected chi connectivity index (χ0v) is 25.7. The van der Waals surface area contributed by atoms with Crippen LogP contribution in [0.4, 0.5) is 10.5 Å². The van der Waals surface area contributed by atoms with Crippen LogP contribution in [0.25, 0.3) is 0 Å². The third-order valence-electron chi connectivity index (χ3n) is 6.69. The van der Waals surface area contributed by atoms with Crippen molar-refractivity contribution in [2.75, 3.05) is 53.2 Å². The van der Waals surface area contributed by atoms with Crippen molar-refractivity contribution in [3.63, 3.8) is 0 Å². The lowest BCUT2D eigenvalue weighted by Gasteiger charge is -2.21. The molecule has 1 aliphatic heterocycles. The lowest BCUT2D eigenvalue weighted by atomic mass is 10.0. The average Bonchev–Trinajstić information content (AvgIpc) is 3.50. The summed E-state index contributed by atoms with van der Waals surface area (Å²) in [5.41, 5.74) is 2.04. The third-order valence-corrected chi connectivity index (χ3v) is 7.92. The molecule has 2 amide bonds. The number of urea groups is 1. The molecule has 3 aromatic rings. The molecule has 3 aromatic carbocycles. The molecule has 42 heavy (non-hydrogen) atoms. The number of methoxy groups -OCH3 is 4. The van der Waals surface area contributed by atoms with Gasteiger partial charge in [-0.25, -0.2) is 9.86 Å². The van der Waals surface area contributed by atoms with E-state index < -0.39 is 6.03 Å². The van der Waals surface area contributed by atoms with E-state index in [0.29, 0.717) is 56.9 Å². The number of hydrogen-bond acceptors (Lipinski definition) is 9. The van der Waals surface area contributed by atoms with E-state index in [-0.39, 0.29) is 12.2 Å². The van der Waals surface area contributed by atoms with Gasteiger partial charge in [0.05, 0.1) is 52.9 Å². The quantitative estimate of drug-likeness (QED) is 0.0960. The summed E-state index contributed by atoms with van der Waals surface area (Å²) in [6, 6.07) is 14.2. The van der Waals surface area contributed by atoms with Crippen LogP contribution in [0.2, 0.25) is 5.02 Å². The Morgan fingerprint density at radius 2 is 1.48 bits per heavy atom. The highest BCUT2D eigenvalue weighted by Crippen LogP contribution is 2.48. The molecule has 1 aliphatic rings. The number of hydrogen-bond donors (Lipinski definition) is 2. The summed E-state index contributed by atoms with van der Waals surface area (Å²) < 4.78 is 34.7. The van der Waals surface area contributed by atoms with Crippen molar-refractivity contribution < 1.29 is 38.4 Å². The molecule has 0 bridgehead atoms. The van der Waals surface area contributed by atoms with E-state index in [0.717, 1.165) is 28.9 Å². The number of benzene rings is 3. The van der Waals surface area contributed by atoms with Crippen molar-refractivity contribution in [1.82, 2.24) is 5.06 Å². The summed E-state index contributed by atoms with van der Waals surface area (Å²) >= 11 is 7.58. The van der Waals surface area contributed by atoms with Crippen molar-refractivity contribution in [2.45, 2.75) is 29.9 Å². The van der Waals surface area contributed by atoms with Gasteiger partial charge in [0.25, 0.3) is 0 Å². The zero-order valence-electron chi connectivity index (χ0n) is 24.1. The molecule has 226 valence electrons. The number of halogens is 1. The standard InChI is InChI=1S/C30H35ClN2O8S/c1-33(35)30(34)32-22-14-18(15-25(36-2)28(22)40-12-13-42-21-8-6-20(31)7-9-21)23-10-11-24(41-23)19-16-26(37-3)29(39-5)27(17-19)38-4/h6-9,14-17,23-24,35H,10-13H2,1-5H3,(H,32,34). The van der Waals surface area contributed by atoms with Gasteiger partial charge in [0, 0.05) is 22.7 Å². The maximum Gasteiger partial charge on any atom is 0.345 e. The Morgan fingerprint density at radius 1 is 0.929 bits per heavy atom. The molecule has 2 atom stereocenters. The lowest BCUT2D eigenvalue weighted by Crippen LogP contribution is -2.28. The Morgan fingerprint density at radius 3 is 2.00 bits per heavy atom. The fourth-order valence-corrected chi connectivity index (χ4v) is 5.50. The first-order valence-corrected chi connectivity index (χ1v) is 14.6. The van der Waals surface area contributed by atoms with Crippen LogP contribution in [0.15, 0.2) is 53.4 Å². The van der Waals surface area contributed by atoms with Crippen LogP contribution in [0.5, 0.6) is 28.7 Å². The number of hydroxylamine groups is 2. The molecule has 0 aliphatic carbocycles. The van der Waals surface area contributed by atoms with E-state index in [9.17, 15) is 10.0 Å². The predicted octanol–water partition coefficient (Wildman–Crippen LogP) is 6.99. The van der Waals surface area contributed by atoms with Crippen molar-refractivity contribution in [2.24, 2.45) is 0 Å². The molecule has 2 unspecified atom stereocenters. The molecule has 1 heterocycles. The largest absolute Gasteiger partial charge is 0.493 e. The summed E-state index contributed by atoms with van der Waals surface area (Å²) in [6.45, 7) is 0.337. The van der Waals surface area contributed by atoms with E-state index in [4.69, 9.17) is 40.0 Å². The van der Waals surface area contributed by atoms with Gasteiger partial charge in [0.1, 0.15) is 0 Å². The van der Waals surface area contributed by atoms with E-state index in [1.54, 1.807) is 39.2 Å². The Labute approximate surface area is 254 Å². The molecule has 10 nitrogen and oxygen atoms in total. The maximum atomic E-state index is 12.4. The number of ether oxygens (including phenoxy) is 6. The number of carbonyl (C=O) groups is 1. The second-order valence-corrected chi connectivity index (χ2v) is 11.0. The highest BCUT2D eigenvalue weighted by molar-refractivity contribution is 7.99. The maximum absolute atomic E-state index is 12.4. The summed E-state index contributed by atoms with van der Waals surface area (Å²) in [5.74, 6) is 3.04. The Hall–Kier alpha value is -3.51. The second-order valence-electron chi connectivity index (χ2n) is 9.35. The Bertz CT molecular complexity index is 1350. The minimum atomic E-state index is -0.725. The smallest absolute Gasteiger partial charge is 0.345 e. The van der Waals surface area contributed by atoms with E-state index >= 15 is 0 Å². The molecule has 2 N–H and O–H groups in total. The van der Waals surface area contributed by atoms with Gasteiger partial charge in [0.15, 0.2) is 23.0 Å². The molecule has 4 rings (SSSR count). The minimum Gasteiger partial charge on any atom is -0.493 e. The predicted molar refractivity (Wildman–Crippen MR) is 161 cm³/mol. The van der Waals surface area contributed by atoms with Crippen molar-refractivity contribution in [3.05, 3.63) is 64.7 Å². The van der Waals surface area contributed by atoms with E-state index in [1.807, 2.05) is 42.5 Å². The van der Waals surface area contributed by atoms with Crippen LogP contribution in [0, 0.1) is 0 Å². The first kappa shape index (κ1) is 31.4. The fourth-order valence-electron chi connectivity index (χ4n) is 4.65. The monoisotopic (exact) mass is 618 g/mol. The summed E-state index contributed by atoms with van der Waals surface area (Å²) in [4.78, 5) is 13.5. The molecule has 0 aromatic heterocycles. The van der Waals surface area contributed by atoms with Crippen molar-refractivity contribution >= 4 is 35.1 Å². The molecule has 0 spiro atoms. The summed E-state index contributed by atoms with van der Waals surface area (Å²) in [7, 11) is 7.48. The Kier molecular flexibility index (Phi) is 10.9. The minimum absolute atomic E-state index is 0.225. The zero-order chi connectivity index (χ0) is 30.2. The van der Waals surface area contributed by atoms with Gasteiger partial charge in [-0.15, -0.1) is 11.8 Å². The number of amides is 2. The SMILES string of the molecule is COc1cc(C2CCC(c3cc(OC)c(OC)c(OC)c3)O2)cc(NC(=O)N(C)O)c1OCCSc1ccc(Cl)cc1. The number of nitrogens with zero attached hydrogens (tertiary/aromatic N) is 1. The Balaban J connectivity index is 1.55. The highest BCUT2D eigenvalue weighted by Gasteiger charge is 2.31. The number of anilines is 1. The second kappa shape index (κ2) is 14.6. The van der Waals surface area contributed by atoms with Crippen LogP contribution < -0.4 is 29.0 Å². The van der Waals surface area contributed by atoms with Gasteiger partial charge in [0.2, 0.25) is 5.75 Å². The van der Waals surface area contributed by atoms with Gasteiger partial charge in [-0.05, 0) is 72.5 Å². The van der Waals surface area contributed by atoms with Crippen LogP contribution in [0.1, 0.15) is 36.2 Å². The number of thioether (sulfide) groups is 1. The topological polar surface area (TPSA) is 108 Å². The van der Waals surface area contributed by atoms with Gasteiger partial charge in [-0.3, -0.25) is 5.21 Å². The van der Waals surface area contributed by atoms with Gasteiger partial charge >= 0.3 is 6.03 Å². The molecule has 1 saturated heterocycles. The van der Waals surface area contributed by atoms with Crippen LogP contribution in [-0.4, -0.2) is 64.1 Å². The first-order valence-electron chi connectivity index (χ1n) is 13.2. The lowest BCUT2D eigenvalue weighted by molar-refractivity contribution is -0.0118. The van der Waals surface area contributed by atoms with Crippen LogP contribution in [-0.2, 0) is 4.74 Å². The fraction of sp³-hybridized carbons (Fsp3) is 0.367. The molecule has 0 saturated carbocycles. The van der Waals surface area contributed by atoms with Crippen LogP contribution >= 0.6 is 23.4 Å². The van der Waals surface area contributed by atoms with Crippen molar-refractivity contribution in [1.29, 1.82) is 0 Å². The number of carbonyl (C=O) groups excluding carboxylic acids is 1. The van der Waals surface area contributed by atoms with Gasteiger partial charge in [-0.1, -0.05) is 11.6 Å². The molecule has 1 fully saturated rings.